The average Bonchev–Trinajstić information content (AvgIpc) is 2.67. The first-order valence-corrected chi connectivity index (χ1v) is 8.37. The first kappa shape index (κ1) is 18.3. The maximum atomic E-state index is 5.37. The van der Waals surface area contributed by atoms with Gasteiger partial charge in [-0.25, -0.2) is 4.98 Å². The van der Waals surface area contributed by atoms with Gasteiger partial charge in [-0.2, -0.15) is 4.98 Å². The summed E-state index contributed by atoms with van der Waals surface area (Å²) in [5.74, 6) is 3.16. The molecule has 0 unspecified atom stereocenters. The molecule has 3 aromatic rings. The number of nitrogens with zero attached hydrogens (tertiary/aromatic N) is 2. The van der Waals surface area contributed by atoms with E-state index in [-0.39, 0.29) is 0 Å². The molecule has 0 radical (unpaired) electrons. The standard InChI is InChI=1S/C20H22N4O3/c1-13-11-19(23-15-7-5-6-8-16(15)25-2)24-20(21-13)22-14-9-10-17(26-3)18(12-14)27-4/h5-12H,1-4H3,(H2,21,22,23,24). The number of para-hydroxylation sites is 2. The van der Waals surface area contributed by atoms with Gasteiger partial charge in [0.2, 0.25) is 5.95 Å². The lowest BCUT2D eigenvalue weighted by Crippen LogP contribution is -2.03. The molecule has 0 amide bonds. The average molecular weight is 366 g/mol. The van der Waals surface area contributed by atoms with E-state index in [2.05, 4.69) is 20.6 Å². The number of methoxy groups -OCH3 is 3. The number of anilines is 4. The highest BCUT2D eigenvalue weighted by Gasteiger charge is 2.09. The van der Waals surface area contributed by atoms with Gasteiger partial charge in [0, 0.05) is 23.5 Å². The summed E-state index contributed by atoms with van der Waals surface area (Å²) in [7, 11) is 4.83. The van der Waals surface area contributed by atoms with Crippen LogP contribution in [0.4, 0.5) is 23.1 Å². The second kappa shape index (κ2) is 8.27. The number of aromatic nitrogens is 2. The summed E-state index contributed by atoms with van der Waals surface area (Å²) in [4.78, 5) is 8.98. The number of hydrogen-bond acceptors (Lipinski definition) is 7. The van der Waals surface area contributed by atoms with Gasteiger partial charge < -0.3 is 24.8 Å². The van der Waals surface area contributed by atoms with Gasteiger partial charge in [-0.05, 0) is 31.2 Å². The van der Waals surface area contributed by atoms with Gasteiger partial charge in [0.05, 0.1) is 27.0 Å². The molecule has 1 aromatic heterocycles. The number of aryl methyl sites for hydroxylation is 1. The van der Waals surface area contributed by atoms with E-state index in [1.165, 1.54) is 0 Å². The van der Waals surface area contributed by atoms with Crippen LogP contribution in [0.3, 0.4) is 0 Å². The van der Waals surface area contributed by atoms with Crippen molar-refractivity contribution in [2.75, 3.05) is 32.0 Å². The van der Waals surface area contributed by atoms with Crippen molar-refractivity contribution in [3.8, 4) is 17.2 Å². The Labute approximate surface area is 158 Å². The van der Waals surface area contributed by atoms with Gasteiger partial charge in [0.1, 0.15) is 11.6 Å². The summed E-state index contributed by atoms with van der Waals surface area (Å²) >= 11 is 0. The minimum Gasteiger partial charge on any atom is -0.495 e. The smallest absolute Gasteiger partial charge is 0.229 e. The fourth-order valence-corrected chi connectivity index (χ4v) is 2.62. The van der Waals surface area contributed by atoms with E-state index in [0.29, 0.717) is 23.3 Å². The first-order valence-electron chi connectivity index (χ1n) is 8.37. The Hall–Kier alpha value is -3.48. The monoisotopic (exact) mass is 366 g/mol. The largest absolute Gasteiger partial charge is 0.495 e. The van der Waals surface area contributed by atoms with Gasteiger partial charge in [0.15, 0.2) is 11.5 Å². The van der Waals surface area contributed by atoms with E-state index in [1.54, 1.807) is 21.3 Å². The molecule has 0 saturated heterocycles. The molecule has 0 saturated carbocycles. The Morgan fingerprint density at radius 2 is 1.48 bits per heavy atom. The van der Waals surface area contributed by atoms with Crippen LogP contribution in [0.25, 0.3) is 0 Å². The summed E-state index contributed by atoms with van der Waals surface area (Å²) in [5, 5.41) is 6.47. The number of nitrogens with one attached hydrogen (secondary N) is 2. The Bertz CT molecular complexity index is 931. The van der Waals surface area contributed by atoms with E-state index < -0.39 is 0 Å². The molecule has 140 valence electrons. The fraction of sp³-hybridized carbons (Fsp3) is 0.200. The van der Waals surface area contributed by atoms with Crippen molar-refractivity contribution in [3.63, 3.8) is 0 Å². The molecule has 27 heavy (non-hydrogen) atoms. The summed E-state index contributed by atoms with van der Waals surface area (Å²) in [6.07, 6.45) is 0. The van der Waals surface area contributed by atoms with Crippen LogP contribution in [0.1, 0.15) is 5.69 Å². The third kappa shape index (κ3) is 4.38. The van der Waals surface area contributed by atoms with Gasteiger partial charge in [0.25, 0.3) is 0 Å². The van der Waals surface area contributed by atoms with E-state index in [4.69, 9.17) is 14.2 Å². The van der Waals surface area contributed by atoms with E-state index in [0.717, 1.165) is 22.8 Å². The molecule has 7 nitrogen and oxygen atoms in total. The van der Waals surface area contributed by atoms with Crippen LogP contribution in [0, 0.1) is 6.92 Å². The molecule has 0 spiro atoms. The van der Waals surface area contributed by atoms with Crippen LogP contribution in [-0.4, -0.2) is 31.3 Å². The topological polar surface area (TPSA) is 77.5 Å². The first-order chi connectivity index (χ1) is 13.1. The number of ether oxygens (including phenoxy) is 3. The zero-order chi connectivity index (χ0) is 19.2. The molecular formula is C20H22N4O3. The normalized spacial score (nSPS) is 10.2. The molecule has 1 heterocycles. The molecule has 3 rings (SSSR count). The zero-order valence-electron chi connectivity index (χ0n) is 15.7. The summed E-state index contributed by atoms with van der Waals surface area (Å²) < 4.78 is 16.0. The zero-order valence-corrected chi connectivity index (χ0v) is 15.7. The molecule has 2 N–H and O–H groups in total. The number of hydrogen-bond donors (Lipinski definition) is 2. The second-order valence-corrected chi connectivity index (χ2v) is 5.74. The summed E-state index contributed by atoms with van der Waals surface area (Å²) in [6.45, 7) is 1.91. The number of rotatable bonds is 7. The van der Waals surface area contributed by atoms with E-state index >= 15 is 0 Å². The predicted octanol–water partition coefficient (Wildman–Crippen LogP) is 4.30. The molecule has 0 bridgehead atoms. The van der Waals surface area contributed by atoms with Crippen molar-refractivity contribution < 1.29 is 14.2 Å². The van der Waals surface area contributed by atoms with Gasteiger partial charge in [-0.1, -0.05) is 12.1 Å². The SMILES string of the molecule is COc1ccccc1Nc1cc(C)nc(Nc2ccc(OC)c(OC)c2)n1. The molecule has 0 aliphatic rings. The summed E-state index contributed by atoms with van der Waals surface area (Å²) in [6, 6.07) is 15.1. The van der Waals surface area contributed by atoms with E-state index in [9.17, 15) is 0 Å². The molecule has 0 atom stereocenters. The Kier molecular flexibility index (Phi) is 5.61. The molecule has 0 aliphatic carbocycles. The third-order valence-corrected chi connectivity index (χ3v) is 3.86. The fourth-order valence-electron chi connectivity index (χ4n) is 2.62. The third-order valence-electron chi connectivity index (χ3n) is 3.86. The molecule has 0 aliphatic heterocycles. The van der Waals surface area contributed by atoms with Crippen LogP contribution in [-0.2, 0) is 0 Å². The van der Waals surface area contributed by atoms with E-state index in [1.807, 2.05) is 55.5 Å². The second-order valence-electron chi connectivity index (χ2n) is 5.74. The van der Waals surface area contributed by atoms with Crippen molar-refractivity contribution >= 4 is 23.1 Å². The summed E-state index contributed by atoms with van der Waals surface area (Å²) in [5.41, 5.74) is 2.45. The lowest BCUT2D eigenvalue weighted by molar-refractivity contribution is 0.355. The van der Waals surface area contributed by atoms with Gasteiger partial charge >= 0.3 is 0 Å². The molecular weight excluding hydrogens is 344 g/mol. The van der Waals surface area contributed by atoms with Crippen LogP contribution in [0.2, 0.25) is 0 Å². The van der Waals surface area contributed by atoms with Crippen LogP contribution < -0.4 is 24.8 Å². The van der Waals surface area contributed by atoms with Crippen LogP contribution in [0.15, 0.2) is 48.5 Å². The maximum Gasteiger partial charge on any atom is 0.229 e. The highest BCUT2D eigenvalue weighted by atomic mass is 16.5. The van der Waals surface area contributed by atoms with Gasteiger partial charge in [-0.3, -0.25) is 0 Å². The molecule has 7 heteroatoms. The van der Waals surface area contributed by atoms with Crippen LogP contribution >= 0.6 is 0 Å². The molecule has 2 aromatic carbocycles. The molecule has 0 fully saturated rings. The maximum absolute atomic E-state index is 5.37. The number of benzene rings is 2. The van der Waals surface area contributed by atoms with Crippen molar-refractivity contribution in [3.05, 3.63) is 54.2 Å². The minimum absolute atomic E-state index is 0.472. The van der Waals surface area contributed by atoms with Crippen LogP contribution in [0.5, 0.6) is 17.2 Å². The lowest BCUT2D eigenvalue weighted by Gasteiger charge is -2.13. The minimum atomic E-state index is 0.472. The van der Waals surface area contributed by atoms with Crippen molar-refractivity contribution in [2.24, 2.45) is 0 Å². The van der Waals surface area contributed by atoms with Crippen molar-refractivity contribution in [1.29, 1.82) is 0 Å². The predicted molar refractivity (Wildman–Crippen MR) is 106 cm³/mol. The Morgan fingerprint density at radius 1 is 0.741 bits per heavy atom. The van der Waals surface area contributed by atoms with Gasteiger partial charge in [-0.15, -0.1) is 0 Å². The lowest BCUT2D eigenvalue weighted by atomic mass is 10.2. The highest BCUT2D eigenvalue weighted by Crippen LogP contribution is 2.31. The van der Waals surface area contributed by atoms with Crippen molar-refractivity contribution in [2.45, 2.75) is 6.92 Å². The van der Waals surface area contributed by atoms with Crippen molar-refractivity contribution in [1.82, 2.24) is 9.97 Å². The Morgan fingerprint density at radius 3 is 2.22 bits per heavy atom. The quantitative estimate of drug-likeness (QED) is 0.645. The Balaban J connectivity index is 1.85. The highest BCUT2D eigenvalue weighted by molar-refractivity contribution is 5.66.